The minimum Gasteiger partial charge on any atom is -0.394 e. The van der Waals surface area contributed by atoms with E-state index in [1.807, 2.05) is 30.0 Å². The van der Waals surface area contributed by atoms with E-state index in [2.05, 4.69) is 45.3 Å². The van der Waals surface area contributed by atoms with Crippen molar-refractivity contribution in [1.29, 1.82) is 0 Å². The first kappa shape index (κ1) is 21.8. The molecule has 0 aliphatic rings. The van der Waals surface area contributed by atoms with Crippen LogP contribution in [0.4, 0.5) is 11.6 Å². The molecule has 156 valence electrons. The Bertz CT molecular complexity index is 892. The lowest BCUT2D eigenvalue weighted by Crippen LogP contribution is -2.19. The van der Waals surface area contributed by atoms with Crippen molar-refractivity contribution >= 4 is 42.1 Å². The summed E-state index contributed by atoms with van der Waals surface area (Å²) >= 11 is 0. The zero-order chi connectivity index (χ0) is 20.5. The number of benzene rings is 1. The largest absolute Gasteiger partial charge is 0.394 e. The molecule has 0 aliphatic carbocycles. The van der Waals surface area contributed by atoms with Crippen LogP contribution in [0.5, 0.6) is 0 Å². The molecule has 3 rings (SSSR count). The van der Waals surface area contributed by atoms with Crippen molar-refractivity contribution < 1.29 is 14.9 Å². The number of nitrogens with zero attached hydrogens (tertiary/aromatic N) is 2. The summed E-state index contributed by atoms with van der Waals surface area (Å²) in [6.07, 6.45) is 1.88. The van der Waals surface area contributed by atoms with Gasteiger partial charge in [-0.25, -0.2) is 9.97 Å². The second kappa shape index (κ2) is 11.3. The molecule has 4 N–H and O–H groups in total. The van der Waals surface area contributed by atoms with E-state index in [0.29, 0.717) is 25.7 Å². The average Bonchev–Trinajstić information content (AvgIpc) is 3.09. The van der Waals surface area contributed by atoms with E-state index in [1.54, 1.807) is 0 Å². The van der Waals surface area contributed by atoms with Gasteiger partial charge in [-0.1, -0.05) is 30.3 Å². The smallest absolute Gasteiger partial charge is 0.232 e. The molecule has 0 aliphatic heterocycles. The number of aromatic nitrogens is 2. The highest BCUT2D eigenvalue weighted by atomic mass is 33.1. The van der Waals surface area contributed by atoms with Crippen molar-refractivity contribution in [2.75, 3.05) is 43.6 Å². The standard InChI is InChI=1S/C20H27N4O3S2/c1-15(12-26)23-17-14-29(28-13-16-5-3-2-4-6-16)18-11-22-20(24-19(17)18)21-7-9-27-10-8-25/h2-6,11,14-15,23,25-26H,7-10,12-13H2,1H3,(H,21,22,24)/q+1. The summed E-state index contributed by atoms with van der Waals surface area (Å²) in [5.74, 6) is 1.45. The molecule has 0 fully saturated rings. The van der Waals surface area contributed by atoms with Gasteiger partial charge in [0.1, 0.15) is 16.5 Å². The highest BCUT2D eigenvalue weighted by Gasteiger charge is 2.23. The first-order valence-electron chi connectivity index (χ1n) is 9.50. The van der Waals surface area contributed by atoms with Crippen molar-refractivity contribution in [3.63, 3.8) is 0 Å². The van der Waals surface area contributed by atoms with Gasteiger partial charge in [-0.15, -0.1) is 0 Å². The monoisotopic (exact) mass is 435 g/mol. The summed E-state index contributed by atoms with van der Waals surface area (Å²) < 4.78 is 6.35. The van der Waals surface area contributed by atoms with Gasteiger partial charge in [-0.05, 0) is 12.5 Å². The van der Waals surface area contributed by atoms with Crippen molar-refractivity contribution in [3.05, 3.63) is 47.5 Å². The molecule has 2 aromatic heterocycles. The molecule has 2 unspecified atom stereocenters. The molecule has 0 amide bonds. The Labute approximate surface area is 176 Å². The Kier molecular flexibility index (Phi) is 8.51. The zero-order valence-corrected chi connectivity index (χ0v) is 18.0. The van der Waals surface area contributed by atoms with Crippen molar-refractivity contribution in [1.82, 2.24) is 9.97 Å². The number of ether oxygens (including phenoxy) is 1. The van der Waals surface area contributed by atoms with E-state index >= 15 is 0 Å². The topological polar surface area (TPSA) is 99.5 Å². The lowest BCUT2D eigenvalue weighted by molar-refractivity contribution is 0.0991. The Morgan fingerprint density at radius 3 is 2.79 bits per heavy atom. The molecule has 0 bridgehead atoms. The maximum absolute atomic E-state index is 9.43. The van der Waals surface area contributed by atoms with Crippen LogP contribution in [0, 0.1) is 0 Å². The minimum absolute atomic E-state index is 0.0151. The molecule has 2 heterocycles. The number of rotatable bonds is 12. The van der Waals surface area contributed by atoms with Gasteiger partial charge in [0.25, 0.3) is 0 Å². The van der Waals surface area contributed by atoms with E-state index in [1.165, 1.54) is 5.56 Å². The molecule has 7 nitrogen and oxygen atoms in total. The van der Waals surface area contributed by atoms with Gasteiger partial charge in [0, 0.05) is 12.6 Å². The normalized spacial score (nSPS) is 12.9. The van der Waals surface area contributed by atoms with Crippen LogP contribution in [0.2, 0.25) is 0 Å². The molecular weight excluding hydrogens is 408 g/mol. The van der Waals surface area contributed by atoms with Crippen molar-refractivity contribution in [2.24, 2.45) is 0 Å². The van der Waals surface area contributed by atoms with Gasteiger partial charge in [-0.3, -0.25) is 0 Å². The third kappa shape index (κ3) is 6.28. The Morgan fingerprint density at radius 2 is 2.03 bits per heavy atom. The minimum atomic E-state index is -0.164. The third-order valence-corrected chi connectivity index (χ3v) is 7.92. The summed E-state index contributed by atoms with van der Waals surface area (Å²) in [7, 11) is 1.69. The van der Waals surface area contributed by atoms with Gasteiger partial charge >= 0.3 is 0 Å². The van der Waals surface area contributed by atoms with Crippen LogP contribution in [0.15, 0.2) is 41.9 Å². The molecule has 3 aromatic rings. The van der Waals surface area contributed by atoms with Gasteiger partial charge in [0.2, 0.25) is 10.6 Å². The first-order valence-corrected chi connectivity index (χ1v) is 12.3. The van der Waals surface area contributed by atoms with E-state index in [4.69, 9.17) is 14.8 Å². The van der Waals surface area contributed by atoms with E-state index in [0.717, 1.165) is 21.7 Å². The number of aliphatic hydroxyl groups excluding tert-OH is 2. The number of nitrogens with one attached hydrogen (secondary N) is 2. The van der Waals surface area contributed by atoms with E-state index in [9.17, 15) is 5.11 Å². The molecule has 0 radical (unpaired) electrons. The highest BCUT2D eigenvalue weighted by Crippen LogP contribution is 2.46. The molecule has 0 saturated carbocycles. The summed E-state index contributed by atoms with van der Waals surface area (Å²) in [6.45, 7) is 3.36. The SMILES string of the molecule is CC(CO)Nc1c[s+](SCc2ccccc2)c2cnc(NCCOCCO)nc12. The second-order valence-electron chi connectivity index (χ2n) is 6.47. The van der Waals surface area contributed by atoms with Crippen LogP contribution in [0.1, 0.15) is 12.5 Å². The van der Waals surface area contributed by atoms with E-state index < -0.39 is 0 Å². The number of hydrogen-bond acceptors (Lipinski definition) is 8. The Hall–Kier alpha value is -1.91. The summed E-state index contributed by atoms with van der Waals surface area (Å²) in [5.41, 5.74) is 3.10. The zero-order valence-electron chi connectivity index (χ0n) is 16.4. The maximum atomic E-state index is 9.43. The van der Waals surface area contributed by atoms with Gasteiger partial charge in [0.15, 0.2) is 10.9 Å². The van der Waals surface area contributed by atoms with Crippen LogP contribution < -0.4 is 10.6 Å². The number of aliphatic hydroxyl groups is 2. The Morgan fingerprint density at radius 1 is 1.21 bits per heavy atom. The molecule has 1 aromatic carbocycles. The maximum Gasteiger partial charge on any atom is 0.232 e. The van der Waals surface area contributed by atoms with Gasteiger partial charge in [-0.2, -0.15) is 0 Å². The van der Waals surface area contributed by atoms with Crippen LogP contribution in [0.25, 0.3) is 10.2 Å². The first-order chi connectivity index (χ1) is 14.2. The van der Waals surface area contributed by atoms with Crippen molar-refractivity contribution in [2.45, 2.75) is 18.7 Å². The number of thiophene rings is 1. The molecule has 0 spiro atoms. The number of anilines is 2. The second-order valence-corrected chi connectivity index (χ2v) is 10.1. The van der Waals surface area contributed by atoms with Gasteiger partial charge < -0.3 is 25.6 Å². The lowest BCUT2D eigenvalue weighted by Gasteiger charge is -2.09. The highest BCUT2D eigenvalue weighted by molar-refractivity contribution is 8.46. The molecular formula is C20H27N4O3S2+. The fourth-order valence-electron chi connectivity index (χ4n) is 2.64. The predicted molar refractivity (Wildman–Crippen MR) is 122 cm³/mol. The molecule has 9 heteroatoms. The molecule has 0 saturated heterocycles. The molecule has 29 heavy (non-hydrogen) atoms. The fraction of sp³-hybridized carbons (Fsp3) is 0.400. The quantitative estimate of drug-likeness (QED) is 0.195. The third-order valence-electron chi connectivity index (χ3n) is 4.09. The summed E-state index contributed by atoms with van der Waals surface area (Å²) in [4.78, 5) is 9.16. The van der Waals surface area contributed by atoms with Gasteiger partial charge in [0.05, 0.1) is 47.9 Å². The summed E-state index contributed by atoms with van der Waals surface area (Å²) in [6, 6.07) is 10.3. The average molecular weight is 436 g/mol. The summed E-state index contributed by atoms with van der Waals surface area (Å²) in [5, 5.41) is 26.9. The molecule has 2 atom stereocenters. The number of fused-ring (bicyclic) bond motifs is 1. The fourth-order valence-corrected chi connectivity index (χ4v) is 6.34. The number of hydrogen-bond donors (Lipinski definition) is 4. The van der Waals surface area contributed by atoms with Crippen molar-refractivity contribution in [3.8, 4) is 0 Å². The van der Waals surface area contributed by atoms with Crippen LogP contribution in [0.3, 0.4) is 0 Å². The van der Waals surface area contributed by atoms with Crippen LogP contribution in [-0.4, -0.2) is 59.2 Å². The Balaban J connectivity index is 1.77. The van der Waals surface area contributed by atoms with Crippen LogP contribution >= 0.6 is 20.3 Å². The predicted octanol–water partition coefficient (Wildman–Crippen LogP) is 3.29. The van der Waals surface area contributed by atoms with E-state index in [-0.39, 0.29) is 28.8 Å². The lowest BCUT2D eigenvalue weighted by atomic mass is 10.2. The van der Waals surface area contributed by atoms with Crippen LogP contribution in [-0.2, 0) is 10.5 Å².